The summed E-state index contributed by atoms with van der Waals surface area (Å²) in [6.45, 7) is 6.93. The lowest BCUT2D eigenvalue weighted by atomic mass is 9.93. The Morgan fingerprint density at radius 1 is 1.16 bits per heavy atom. The van der Waals surface area contributed by atoms with Crippen molar-refractivity contribution in [1.82, 2.24) is 20.1 Å². The molecule has 3 aliphatic rings. The van der Waals surface area contributed by atoms with Gasteiger partial charge >= 0.3 is 6.18 Å². The van der Waals surface area contributed by atoms with Gasteiger partial charge in [0, 0.05) is 48.8 Å². The van der Waals surface area contributed by atoms with E-state index < -0.39 is 11.7 Å². The van der Waals surface area contributed by atoms with Crippen molar-refractivity contribution in [2.45, 2.75) is 57.3 Å². The van der Waals surface area contributed by atoms with Crippen LogP contribution in [0.2, 0.25) is 0 Å². The van der Waals surface area contributed by atoms with Gasteiger partial charge in [0.2, 0.25) is 0 Å². The van der Waals surface area contributed by atoms with E-state index in [2.05, 4.69) is 29.2 Å². The average Bonchev–Trinajstić information content (AvgIpc) is 3.07. The lowest BCUT2D eigenvalue weighted by Gasteiger charge is -2.24. The molecule has 3 fully saturated rings. The molecule has 0 radical (unpaired) electrons. The van der Waals surface area contributed by atoms with Gasteiger partial charge in [-0.1, -0.05) is 0 Å². The SMILES string of the molecule is CC(C)n1nc(-c2cncc(C(F)(F)F)c2)cc1C1[C@H]2CC(C3CNCCCO3)C[C@@H]12. The van der Waals surface area contributed by atoms with E-state index >= 15 is 0 Å². The van der Waals surface area contributed by atoms with E-state index in [0.717, 1.165) is 56.9 Å². The van der Waals surface area contributed by atoms with E-state index in [1.54, 1.807) is 0 Å². The standard InChI is InChI=1S/C23H29F3N4O/c1-13(2)30-20(9-19(29-30)15-6-16(11-28-10-15)23(24,25)26)22-17-7-14(8-18(17)22)21-12-27-4-3-5-31-21/h6,9-11,13-14,17-18,21-22,27H,3-5,7-8,12H2,1-2H3/t14?,17-,18+,21?,22?. The number of rotatable bonds is 4. The van der Waals surface area contributed by atoms with E-state index in [9.17, 15) is 13.2 Å². The summed E-state index contributed by atoms with van der Waals surface area (Å²) >= 11 is 0. The number of halogens is 3. The fourth-order valence-electron chi connectivity index (χ4n) is 5.61. The lowest BCUT2D eigenvalue weighted by molar-refractivity contribution is -0.137. The van der Waals surface area contributed by atoms with Crippen molar-refractivity contribution in [2.75, 3.05) is 19.7 Å². The van der Waals surface area contributed by atoms with Gasteiger partial charge in [0.1, 0.15) is 0 Å². The van der Waals surface area contributed by atoms with Crippen molar-refractivity contribution in [3.63, 3.8) is 0 Å². The van der Waals surface area contributed by atoms with Crippen LogP contribution in [-0.2, 0) is 10.9 Å². The van der Waals surface area contributed by atoms with Crippen molar-refractivity contribution >= 4 is 0 Å². The Morgan fingerprint density at radius 2 is 1.94 bits per heavy atom. The van der Waals surface area contributed by atoms with Gasteiger partial charge in [-0.05, 0) is 69.5 Å². The highest BCUT2D eigenvalue weighted by molar-refractivity contribution is 5.60. The van der Waals surface area contributed by atoms with Crippen LogP contribution in [0, 0.1) is 17.8 Å². The maximum Gasteiger partial charge on any atom is 0.417 e. The molecule has 31 heavy (non-hydrogen) atoms. The molecule has 2 aromatic heterocycles. The first-order valence-corrected chi connectivity index (χ1v) is 11.3. The third kappa shape index (κ3) is 4.00. The smallest absolute Gasteiger partial charge is 0.377 e. The molecule has 1 saturated heterocycles. The summed E-state index contributed by atoms with van der Waals surface area (Å²) in [4.78, 5) is 3.81. The van der Waals surface area contributed by atoms with E-state index in [1.165, 1.54) is 6.20 Å². The molecular formula is C23H29F3N4O. The first kappa shape index (κ1) is 20.9. The van der Waals surface area contributed by atoms with Crippen LogP contribution in [0.5, 0.6) is 0 Å². The molecule has 1 aliphatic heterocycles. The second kappa shape index (κ2) is 7.89. The van der Waals surface area contributed by atoms with Crippen molar-refractivity contribution < 1.29 is 17.9 Å². The van der Waals surface area contributed by atoms with Gasteiger partial charge in [0.05, 0.1) is 17.4 Å². The predicted octanol–water partition coefficient (Wildman–Crippen LogP) is 4.66. The zero-order chi connectivity index (χ0) is 21.8. The Kier molecular flexibility index (Phi) is 5.33. The first-order chi connectivity index (χ1) is 14.8. The highest BCUT2D eigenvalue weighted by Crippen LogP contribution is 2.65. The normalized spacial score (nSPS) is 31.0. The Balaban J connectivity index is 1.35. The number of pyridine rings is 1. The highest BCUT2D eigenvalue weighted by Gasteiger charge is 2.59. The number of alkyl halides is 3. The second-order valence-corrected chi connectivity index (χ2v) is 9.50. The van der Waals surface area contributed by atoms with Gasteiger partial charge in [-0.2, -0.15) is 18.3 Å². The molecule has 168 valence electrons. The van der Waals surface area contributed by atoms with E-state index in [1.807, 2.05) is 10.7 Å². The molecule has 5 atom stereocenters. The third-order valence-corrected chi connectivity index (χ3v) is 7.14. The molecule has 0 amide bonds. The number of hydrogen-bond acceptors (Lipinski definition) is 4. The van der Waals surface area contributed by atoms with Crippen LogP contribution in [0.15, 0.2) is 24.5 Å². The predicted molar refractivity (Wildman–Crippen MR) is 111 cm³/mol. The van der Waals surface area contributed by atoms with Crippen molar-refractivity contribution in [3.05, 3.63) is 35.8 Å². The van der Waals surface area contributed by atoms with Gasteiger partial charge in [-0.15, -0.1) is 0 Å². The highest BCUT2D eigenvalue weighted by atomic mass is 19.4. The molecule has 2 aliphatic carbocycles. The molecule has 5 nitrogen and oxygen atoms in total. The van der Waals surface area contributed by atoms with E-state index in [4.69, 9.17) is 4.74 Å². The van der Waals surface area contributed by atoms with Gasteiger partial charge in [-0.3, -0.25) is 9.67 Å². The van der Waals surface area contributed by atoms with Crippen molar-refractivity contribution in [3.8, 4) is 11.3 Å². The number of fused-ring (bicyclic) bond motifs is 1. The summed E-state index contributed by atoms with van der Waals surface area (Å²) in [5, 5.41) is 8.17. The van der Waals surface area contributed by atoms with E-state index in [0.29, 0.717) is 41.0 Å². The quantitative estimate of drug-likeness (QED) is 0.760. The van der Waals surface area contributed by atoms with Crippen molar-refractivity contribution in [2.24, 2.45) is 17.8 Å². The molecule has 0 aromatic carbocycles. The zero-order valence-corrected chi connectivity index (χ0v) is 17.9. The maximum absolute atomic E-state index is 13.1. The number of aromatic nitrogens is 3. The largest absolute Gasteiger partial charge is 0.417 e. The van der Waals surface area contributed by atoms with Crippen molar-refractivity contribution in [1.29, 1.82) is 0 Å². The number of nitrogens with one attached hydrogen (secondary N) is 1. The molecule has 3 unspecified atom stereocenters. The van der Waals surface area contributed by atoms with Gasteiger partial charge in [-0.25, -0.2) is 0 Å². The number of nitrogens with zero attached hydrogens (tertiary/aromatic N) is 3. The number of hydrogen-bond donors (Lipinski definition) is 1. The summed E-state index contributed by atoms with van der Waals surface area (Å²) in [5.74, 6) is 2.29. The molecule has 2 saturated carbocycles. The monoisotopic (exact) mass is 434 g/mol. The molecular weight excluding hydrogens is 405 g/mol. The Hall–Kier alpha value is -1.93. The van der Waals surface area contributed by atoms with Gasteiger partial charge in [0.25, 0.3) is 0 Å². The zero-order valence-electron chi connectivity index (χ0n) is 17.9. The fourth-order valence-corrected chi connectivity index (χ4v) is 5.61. The Labute approximate surface area is 180 Å². The van der Waals surface area contributed by atoms with Gasteiger partial charge < -0.3 is 10.1 Å². The van der Waals surface area contributed by atoms with Crippen LogP contribution in [0.3, 0.4) is 0 Å². The minimum absolute atomic E-state index is 0.147. The lowest BCUT2D eigenvalue weighted by Crippen LogP contribution is -2.32. The molecule has 1 N–H and O–H groups in total. The summed E-state index contributed by atoms with van der Waals surface area (Å²) in [7, 11) is 0. The molecule has 0 spiro atoms. The van der Waals surface area contributed by atoms with Crippen LogP contribution < -0.4 is 5.32 Å². The van der Waals surface area contributed by atoms with Crippen LogP contribution >= 0.6 is 0 Å². The topological polar surface area (TPSA) is 52.0 Å². The molecule has 5 rings (SSSR count). The minimum atomic E-state index is -4.41. The molecule has 0 bridgehead atoms. The van der Waals surface area contributed by atoms with Crippen LogP contribution in [0.25, 0.3) is 11.3 Å². The van der Waals surface area contributed by atoms with Crippen LogP contribution in [0.1, 0.15) is 56.3 Å². The summed E-state index contributed by atoms with van der Waals surface area (Å²) in [6, 6.07) is 3.28. The van der Waals surface area contributed by atoms with Gasteiger partial charge in [0.15, 0.2) is 0 Å². The molecule has 8 heteroatoms. The number of ether oxygens (including phenoxy) is 1. The summed E-state index contributed by atoms with van der Waals surface area (Å²) in [6.07, 6.45) is 1.60. The summed E-state index contributed by atoms with van der Waals surface area (Å²) in [5.41, 5.74) is 1.39. The van der Waals surface area contributed by atoms with Crippen LogP contribution in [0.4, 0.5) is 13.2 Å². The molecule has 3 heterocycles. The Morgan fingerprint density at radius 3 is 2.65 bits per heavy atom. The average molecular weight is 435 g/mol. The Bertz CT molecular complexity index is 921. The van der Waals surface area contributed by atoms with E-state index in [-0.39, 0.29) is 6.04 Å². The third-order valence-electron chi connectivity index (χ3n) is 7.14. The fraction of sp³-hybridized carbons (Fsp3) is 0.652. The molecule has 2 aromatic rings. The van der Waals surface area contributed by atoms with Crippen LogP contribution in [-0.4, -0.2) is 40.6 Å². The second-order valence-electron chi connectivity index (χ2n) is 9.50. The first-order valence-electron chi connectivity index (χ1n) is 11.3. The maximum atomic E-state index is 13.1. The minimum Gasteiger partial charge on any atom is -0.377 e. The summed E-state index contributed by atoms with van der Waals surface area (Å²) < 4.78 is 47.5.